The summed E-state index contributed by atoms with van der Waals surface area (Å²) in [7, 11) is 0. The molecule has 0 saturated heterocycles. The fourth-order valence-electron chi connectivity index (χ4n) is 3.65. The minimum absolute atomic E-state index is 0.113. The van der Waals surface area contributed by atoms with Crippen molar-refractivity contribution in [2.45, 2.75) is 50.5 Å². The summed E-state index contributed by atoms with van der Waals surface area (Å²) in [6, 6.07) is 3.82. The number of carboxylic acids is 1. The first kappa shape index (κ1) is 11.7. The third kappa shape index (κ3) is 1.50. The van der Waals surface area contributed by atoms with Crippen molar-refractivity contribution in [2.24, 2.45) is 5.73 Å². The summed E-state index contributed by atoms with van der Waals surface area (Å²) >= 11 is 0. The van der Waals surface area contributed by atoms with Crippen LogP contribution in [0.15, 0.2) is 12.1 Å². The summed E-state index contributed by atoms with van der Waals surface area (Å²) in [5, 5.41) is 9.39. The van der Waals surface area contributed by atoms with Crippen LogP contribution in [0.3, 0.4) is 0 Å². The average molecular weight is 245 g/mol. The van der Waals surface area contributed by atoms with E-state index in [0.717, 1.165) is 24.0 Å². The van der Waals surface area contributed by atoms with Crippen molar-refractivity contribution in [3.63, 3.8) is 0 Å². The number of hydrogen-bond donors (Lipinski definition) is 2. The van der Waals surface area contributed by atoms with Crippen molar-refractivity contribution in [3.8, 4) is 0 Å². The molecule has 1 spiro atoms. The highest BCUT2D eigenvalue weighted by atomic mass is 16.4. The smallest absolute Gasteiger partial charge is 0.336 e. The number of fused-ring (bicyclic) bond motifs is 2. The van der Waals surface area contributed by atoms with Gasteiger partial charge in [0.1, 0.15) is 0 Å². The largest absolute Gasteiger partial charge is 0.478 e. The summed E-state index contributed by atoms with van der Waals surface area (Å²) < 4.78 is 0. The van der Waals surface area contributed by atoms with Crippen LogP contribution in [-0.2, 0) is 5.41 Å². The van der Waals surface area contributed by atoms with E-state index in [4.69, 9.17) is 5.73 Å². The Labute approximate surface area is 107 Å². The summed E-state index contributed by atoms with van der Waals surface area (Å²) in [6.45, 7) is 1.97. The fraction of sp³-hybridized carbons (Fsp3) is 0.533. The predicted octanol–water partition coefficient (Wildman–Crippen LogP) is 2.91. The molecule has 0 amide bonds. The molecule has 1 aromatic carbocycles. The van der Waals surface area contributed by atoms with Crippen molar-refractivity contribution in [1.29, 1.82) is 0 Å². The first-order valence-electron chi connectivity index (χ1n) is 6.67. The van der Waals surface area contributed by atoms with E-state index in [9.17, 15) is 9.90 Å². The number of aromatic carboxylic acids is 1. The molecule has 1 atom stereocenters. The first-order chi connectivity index (χ1) is 8.53. The first-order valence-corrected chi connectivity index (χ1v) is 6.67. The van der Waals surface area contributed by atoms with Gasteiger partial charge in [-0.3, -0.25) is 0 Å². The van der Waals surface area contributed by atoms with Gasteiger partial charge in [-0.1, -0.05) is 12.5 Å². The maximum atomic E-state index is 11.4. The molecule has 96 valence electrons. The van der Waals surface area contributed by atoms with E-state index in [1.807, 2.05) is 6.92 Å². The number of rotatable bonds is 1. The Bertz CT molecular complexity index is 517. The van der Waals surface area contributed by atoms with E-state index in [-0.39, 0.29) is 11.5 Å². The van der Waals surface area contributed by atoms with E-state index < -0.39 is 5.97 Å². The number of carboxylic acid groups (broad SMARTS) is 1. The van der Waals surface area contributed by atoms with Crippen LogP contribution in [0.4, 0.5) is 0 Å². The molecule has 2 aliphatic rings. The predicted molar refractivity (Wildman–Crippen MR) is 69.8 cm³/mol. The molecule has 1 saturated carbocycles. The molecule has 0 aliphatic heterocycles. The second-order valence-electron chi connectivity index (χ2n) is 5.86. The van der Waals surface area contributed by atoms with Gasteiger partial charge in [0, 0.05) is 6.04 Å². The topological polar surface area (TPSA) is 63.3 Å². The van der Waals surface area contributed by atoms with Gasteiger partial charge in [-0.05, 0) is 60.8 Å². The zero-order valence-electron chi connectivity index (χ0n) is 10.7. The van der Waals surface area contributed by atoms with Crippen LogP contribution in [0.1, 0.15) is 65.2 Å². The fourth-order valence-corrected chi connectivity index (χ4v) is 3.65. The minimum atomic E-state index is -0.846. The Morgan fingerprint density at radius 3 is 2.67 bits per heavy atom. The second kappa shape index (κ2) is 3.82. The van der Waals surface area contributed by atoms with Crippen LogP contribution in [0, 0.1) is 6.92 Å². The van der Waals surface area contributed by atoms with Gasteiger partial charge in [-0.25, -0.2) is 4.79 Å². The molecule has 3 nitrogen and oxygen atoms in total. The van der Waals surface area contributed by atoms with E-state index in [1.54, 1.807) is 6.07 Å². The normalized spacial score (nSPS) is 24.4. The molecule has 0 aromatic heterocycles. The monoisotopic (exact) mass is 245 g/mol. The summed E-state index contributed by atoms with van der Waals surface area (Å²) in [5.41, 5.74) is 9.99. The van der Waals surface area contributed by atoms with Crippen molar-refractivity contribution in [2.75, 3.05) is 0 Å². The van der Waals surface area contributed by atoms with Crippen LogP contribution in [0.2, 0.25) is 0 Å². The van der Waals surface area contributed by atoms with Gasteiger partial charge in [0.05, 0.1) is 5.56 Å². The molecule has 3 rings (SSSR count). The molecule has 1 fully saturated rings. The van der Waals surface area contributed by atoms with Gasteiger partial charge in [0.2, 0.25) is 0 Å². The number of aryl methyl sites for hydroxylation is 1. The minimum Gasteiger partial charge on any atom is -0.478 e. The van der Waals surface area contributed by atoms with E-state index >= 15 is 0 Å². The van der Waals surface area contributed by atoms with Crippen LogP contribution < -0.4 is 5.73 Å². The van der Waals surface area contributed by atoms with Gasteiger partial charge in [-0.2, -0.15) is 0 Å². The molecule has 18 heavy (non-hydrogen) atoms. The molecule has 0 heterocycles. The van der Waals surface area contributed by atoms with Crippen molar-refractivity contribution in [1.82, 2.24) is 0 Å². The standard InChI is InChI=1S/C15H19NO2/c1-9-7-10(14(17)18)13-11(8-9)15(4-2-5-15)6-3-12(13)16/h7-8,12H,2-6,16H2,1H3,(H,17,18). The third-order valence-corrected chi connectivity index (χ3v) is 4.74. The zero-order valence-corrected chi connectivity index (χ0v) is 10.7. The molecular formula is C15H19NO2. The Kier molecular flexibility index (Phi) is 2.49. The highest BCUT2D eigenvalue weighted by Crippen LogP contribution is 2.53. The lowest BCUT2D eigenvalue weighted by molar-refractivity contribution is 0.0693. The molecular weight excluding hydrogens is 226 g/mol. The SMILES string of the molecule is Cc1cc(C(=O)O)c2c(c1)C1(CCC1)CCC2N. The molecule has 3 N–H and O–H groups in total. The number of carbonyl (C=O) groups is 1. The Balaban J connectivity index is 2.24. The van der Waals surface area contributed by atoms with Crippen molar-refractivity contribution in [3.05, 3.63) is 34.4 Å². The maximum Gasteiger partial charge on any atom is 0.336 e. The molecule has 2 aliphatic carbocycles. The van der Waals surface area contributed by atoms with E-state index in [2.05, 4.69) is 6.07 Å². The van der Waals surface area contributed by atoms with Gasteiger partial charge in [-0.15, -0.1) is 0 Å². The highest BCUT2D eigenvalue weighted by molar-refractivity contribution is 5.90. The van der Waals surface area contributed by atoms with Gasteiger partial charge in [0.15, 0.2) is 0 Å². The maximum absolute atomic E-state index is 11.4. The zero-order chi connectivity index (χ0) is 12.9. The Morgan fingerprint density at radius 1 is 1.39 bits per heavy atom. The lowest BCUT2D eigenvalue weighted by atomic mass is 9.57. The lowest BCUT2D eigenvalue weighted by Gasteiger charge is -2.48. The second-order valence-corrected chi connectivity index (χ2v) is 5.86. The van der Waals surface area contributed by atoms with Gasteiger partial charge >= 0.3 is 5.97 Å². The quantitative estimate of drug-likeness (QED) is 0.799. The van der Waals surface area contributed by atoms with Gasteiger partial charge in [0.25, 0.3) is 0 Å². The Hall–Kier alpha value is -1.35. The number of nitrogens with two attached hydrogens (primary N) is 1. The Morgan fingerprint density at radius 2 is 2.11 bits per heavy atom. The molecule has 0 bridgehead atoms. The van der Waals surface area contributed by atoms with Crippen LogP contribution in [0.5, 0.6) is 0 Å². The van der Waals surface area contributed by atoms with Crippen LogP contribution in [-0.4, -0.2) is 11.1 Å². The van der Waals surface area contributed by atoms with Gasteiger partial charge < -0.3 is 10.8 Å². The summed E-state index contributed by atoms with van der Waals surface area (Å²) in [4.78, 5) is 11.4. The molecule has 1 unspecified atom stereocenters. The van der Waals surface area contributed by atoms with Crippen molar-refractivity contribution >= 4 is 5.97 Å². The molecule has 3 heteroatoms. The number of hydrogen-bond acceptors (Lipinski definition) is 2. The third-order valence-electron chi connectivity index (χ3n) is 4.74. The number of benzene rings is 1. The van der Waals surface area contributed by atoms with Crippen LogP contribution >= 0.6 is 0 Å². The lowest BCUT2D eigenvalue weighted by Crippen LogP contribution is -2.41. The molecule has 0 radical (unpaired) electrons. The average Bonchev–Trinajstić information content (AvgIpc) is 2.26. The van der Waals surface area contributed by atoms with E-state index in [0.29, 0.717) is 5.56 Å². The molecule has 1 aromatic rings. The van der Waals surface area contributed by atoms with Crippen LogP contribution in [0.25, 0.3) is 0 Å². The highest BCUT2D eigenvalue weighted by Gasteiger charge is 2.44. The summed E-state index contributed by atoms with van der Waals surface area (Å²) in [5.74, 6) is -0.846. The van der Waals surface area contributed by atoms with Crippen molar-refractivity contribution < 1.29 is 9.90 Å². The van der Waals surface area contributed by atoms with E-state index in [1.165, 1.54) is 24.8 Å². The summed E-state index contributed by atoms with van der Waals surface area (Å²) in [6.07, 6.45) is 5.66.